The van der Waals surface area contributed by atoms with E-state index < -0.39 is 6.89 Å². The van der Waals surface area contributed by atoms with Gasteiger partial charge in [0.05, 0.1) is 32.8 Å². The molecule has 7 heteroatoms. The third-order valence-electron chi connectivity index (χ3n) is 4.56. The van der Waals surface area contributed by atoms with E-state index in [1.807, 2.05) is 24.3 Å². The van der Waals surface area contributed by atoms with Gasteiger partial charge in [0.25, 0.3) is 0 Å². The Bertz CT molecular complexity index is 499. The number of quaternary nitrogens is 1. The van der Waals surface area contributed by atoms with Crippen LogP contribution >= 0.6 is 11.6 Å². The lowest BCUT2D eigenvalue weighted by Crippen LogP contribution is -2.59. The van der Waals surface area contributed by atoms with E-state index in [1.54, 1.807) is 0 Å². The summed E-state index contributed by atoms with van der Waals surface area (Å²) in [4.78, 5) is 0. The third-order valence-corrected chi connectivity index (χ3v) is 4.80. The highest BCUT2D eigenvalue weighted by Crippen LogP contribution is 2.41. The second-order valence-electron chi connectivity index (χ2n) is 5.72. The lowest BCUT2D eigenvalue weighted by atomic mass is 9.94. The largest absolute Gasteiger partial charge is 0.625 e. The van der Waals surface area contributed by atoms with Gasteiger partial charge in [0, 0.05) is 5.02 Å². The molecule has 0 N–H and O–H groups in total. The summed E-state index contributed by atoms with van der Waals surface area (Å²) in [6.45, 7) is 3.23. The minimum atomic E-state index is -1.58. The summed E-state index contributed by atoms with van der Waals surface area (Å²) in [5.41, 5.74) is 0. The van der Waals surface area contributed by atoms with Gasteiger partial charge >= 0.3 is 6.89 Å². The average Bonchev–Trinajstić information content (AvgIpc) is 2.97. The highest BCUT2D eigenvalue weighted by molar-refractivity contribution is 6.54. The molecule has 0 aromatic heterocycles. The van der Waals surface area contributed by atoms with Crippen molar-refractivity contribution in [3.63, 3.8) is 0 Å². The molecule has 1 unspecified atom stereocenters. The van der Waals surface area contributed by atoms with Crippen molar-refractivity contribution in [2.24, 2.45) is 0 Å². The second-order valence-corrected chi connectivity index (χ2v) is 6.16. The lowest BCUT2D eigenvalue weighted by molar-refractivity contribution is -0.816. The molecule has 3 saturated heterocycles. The number of nitrogens with zero attached hydrogens (tertiary/aromatic N) is 1. The van der Waals surface area contributed by atoms with Crippen LogP contribution < -0.4 is 4.74 Å². The molecule has 20 heavy (non-hydrogen) atoms. The van der Waals surface area contributed by atoms with Crippen LogP contribution in [-0.2, 0) is 14.0 Å². The molecule has 0 radical (unpaired) electrons. The van der Waals surface area contributed by atoms with Crippen molar-refractivity contribution in [3.05, 3.63) is 29.3 Å². The molecule has 108 valence electrons. The Balaban J connectivity index is 1.43. The van der Waals surface area contributed by atoms with Crippen molar-refractivity contribution in [3.8, 4) is 5.75 Å². The van der Waals surface area contributed by atoms with Crippen LogP contribution in [0.1, 0.15) is 0 Å². The number of ether oxygens (including phenoxy) is 1. The fraction of sp³-hybridized carbons (Fsp3) is 0.538. The summed E-state index contributed by atoms with van der Waals surface area (Å²) in [6.07, 6.45) is 0.00887. The quantitative estimate of drug-likeness (QED) is 0.791. The maximum Gasteiger partial charge on any atom is 0.625 e. The van der Waals surface area contributed by atoms with Gasteiger partial charge in [-0.2, -0.15) is 0 Å². The third kappa shape index (κ3) is 1.87. The van der Waals surface area contributed by atoms with Gasteiger partial charge < -0.3 is 23.1 Å². The Hall–Kier alpha value is -0.785. The van der Waals surface area contributed by atoms with Crippen LogP contribution in [0.2, 0.25) is 5.02 Å². The Labute approximate surface area is 122 Å². The molecule has 0 aliphatic carbocycles. The summed E-state index contributed by atoms with van der Waals surface area (Å²) < 4.78 is 24.3. The molecule has 1 aromatic carbocycles. The van der Waals surface area contributed by atoms with E-state index in [-0.39, 0.29) is 6.10 Å². The molecule has 5 nitrogen and oxygen atoms in total. The van der Waals surface area contributed by atoms with E-state index in [0.717, 1.165) is 43.0 Å². The van der Waals surface area contributed by atoms with Crippen molar-refractivity contribution in [1.82, 2.24) is 0 Å². The van der Waals surface area contributed by atoms with Crippen LogP contribution in [-0.4, -0.2) is 56.8 Å². The Morgan fingerprint density at radius 2 is 2.10 bits per heavy atom. The minimum Gasteiger partial charge on any atom is -0.491 e. The van der Waals surface area contributed by atoms with Crippen molar-refractivity contribution in [2.75, 3.05) is 39.5 Å². The molecule has 0 spiro atoms. The zero-order valence-electron chi connectivity index (χ0n) is 11.2. The smallest absolute Gasteiger partial charge is 0.491 e. The van der Waals surface area contributed by atoms with Crippen LogP contribution in [0.3, 0.4) is 0 Å². The molecule has 3 fully saturated rings. The van der Waals surface area contributed by atoms with Crippen LogP contribution in [0.4, 0.5) is 0 Å². The Morgan fingerprint density at radius 1 is 1.30 bits per heavy atom. The highest BCUT2D eigenvalue weighted by Gasteiger charge is 2.66. The van der Waals surface area contributed by atoms with E-state index >= 15 is 0 Å². The van der Waals surface area contributed by atoms with Gasteiger partial charge in [0.15, 0.2) is 0 Å². The van der Waals surface area contributed by atoms with Gasteiger partial charge in [0.2, 0.25) is 0 Å². The molecule has 0 amide bonds. The highest BCUT2D eigenvalue weighted by atomic mass is 35.5. The number of rotatable bonds is 3. The minimum absolute atomic E-state index is 0.00887. The molecular formula is C13H17BClNO4. The Kier molecular flexibility index (Phi) is 2.98. The molecule has 0 saturated carbocycles. The maximum absolute atomic E-state index is 6.07. The molecule has 3 heterocycles. The summed E-state index contributed by atoms with van der Waals surface area (Å²) in [6, 6.07) is 7.41. The SMILES string of the molecule is Clc1cccc(OCC2C[N+]34CCO[B-]3(OCC4)O2)c1. The van der Waals surface area contributed by atoms with Crippen molar-refractivity contribution in [2.45, 2.75) is 6.10 Å². The zero-order chi connectivity index (χ0) is 13.6. The molecule has 1 aromatic rings. The van der Waals surface area contributed by atoms with E-state index in [9.17, 15) is 0 Å². The van der Waals surface area contributed by atoms with Crippen LogP contribution in [0.15, 0.2) is 24.3 Å². The number of benzene rings is 1. The number of halogens is 1. The van der Waals surface area contributed by atoms with Gasteiger partial charge in [-0.15, -0.1) is 0 Å². The number of hydrogen-bond acceptors (Lipinski definition) is 4. The predicted molar refractivity (Wildman–Crippen MR) is 74.3 cm³/mol. The van der Waals surface area contributed by atoms with Gasteiger partial charge in [-0.1, -0.05) is 17.7 Å². The first-order valence-electron chi connectivity index (χ1n) is 7.05. The first kappa shape index (κ1) is 12.9. The molecule has 3 aliphatic heterocycles. The average molecular weight is 298 g/mol. The second kappa shape index (κ2) is 4.61. The summed E-state index contributed by atoms with van der Waals surface area (Å²) in [5, 5.41) is 0.674. The normalized spacial score (nSPS) is 38.8. The van der Waals surface area contributed by atoms with E-state index in [2.05, 4.69) is 0 Å². The van der Waals surface area contributed by atoms with E-state index in [1.165, 1.54) is 0 Å². The van der Waals surface area contributed by atoms with Crippen LogP contribution in [0, 0.1) is 0 Å². The molecule has 4 rings (SSSR count). The van der Waals surface area contributed by atoms with Crippen LogP contribution in [0.5, 0.6) is 5.75 Å². The predicted octanol–water partition coefficient (Wildman–Crippen LogP) is 1.43. The topological polar surface area (TPSA) is 36.9 Å². The molecule has 3 aliphatic rings. The van der Waals surface area contributed by atoms with Crippen molar-refractivity contribution in [1.29, 1.82) is 0 Å². The molecular weight excluding hydrogens is 280 g/mol. The lowest BCUT2D eigenvalue weighted by Gasteiger charge is -2.37. The maximum atomic E-state index is 6.07. The van der Waals surface area contributed by atoms with Crippen LogP contribution in [0.25, 0.3) is 0 Å². The monoisotopic (exact) mass is 297 g/mol. The first-order valence-corrected chi connectivity index (χ1v) is 7.42. The Morgan fingerprint density at radius 3 is 2.80 bits per heavy atom. The fourth-order valence-corrected chi connectivity index (χ4v) is 3.79. The van der Waals surface area contributed by atoms with Crippen molar-refractivity contribution < 1.29 is 23.1 Å². The van der Waals surface area contributed by atoms with E-state index in [0.29, 0.717) is 11.6 Å². The first-order chi connectivity index (χ1) is 9.71. The van der Waals surface area contributed by atoms with Gasteiger partial charge in [0.1, 0.15) is 18.5 Å². The van der Waals surface area contributed by atoms with Gasteiger partial charge in [-0.3, -0.25) is 0 Å². The summed E-state index contributed by atoms with van der Waals surface area (Å²) in [5.74, 6) is 0.764. The summed E-state index contributed by atoms with van der Waals surface area (Å²) in [7, 11) is 0. The zero-order valence-corrected chi connectivity index (χ0v) is 11.9. The number of hydrogen-bond donors (Lipinski definition) is 0. The van der Waals surface area contributed by atoms with Gasteiger partial charge in [-0.25, -0.2) is 0 Å². The molecule has 1 atom stereocenters. The molecule has 0 bridgehead atoms. The summed E-state index contributed by atoms with van der Waals surface area (Å²) >= 11 is 5.94. The standard InChI is InChI=1S/C13H17BClNO4/c15-11-2-1-3-12(8-11)17-10-13-9-16-4-6-18-14(16,20-13)19-7-5-16/h1-3,8,13H,4-7,9-10H2. The van der Waals surface area contributed by atoms with Crippen molar-refractivity contribution >= 4 is 18.5 Å². The van der Waals surface area contributed by atoms with E-state index in [4.69, 9.17) is 30.3 Å². The fourth-order valence-electron chi connectivity index (χ4n) is 3.61. The van der Waals surface area contributed by atoms with Gasteiger partial charge in [-0.05, 0) is 18.2 Å².